The number of aryl methyl sites for hydroxylation is 2. The highest BCUT2D eigenvalue weighted by Crippen LogP contribution is 2.26. The van der Waals surface area contributed by atoms with Gasteiger partial charge in [0.2, 0.25) is 5.91 Å². The number of hydrogen-bond donors (Lipinski definition) is 0. The molecule has 0 saturated carbocycles. The van der Waals surface area contributed by atoms with E-state index in [1.54, 1.807) is 0 Å². The third-order valence-electron chi connectivity index (χ3n) is 4.79. The summed E-state index contributed by atoms with van der Waals surface area (Å²) in [7, 11) is -2.92. The fraction of sp³-hybridized carbons (Fsp3) is 0.800. The van der Waals surface area contributed by atoms with Crippen molar-refractivity contribution in [1.82, 2.24) is 19.7 Å². The van der Waals surface area contributed by atoms with Crippen molar-refractivity contribution in [3.05, 3.63) is 11.6 Å². The molecule has 0 radical (unpaired) electrons. The summed E-state index contributed by atoms with van der Waals surface area (Å²) in [4.78, 5) is 18.7. The van der Waals surface area contributed by atoms with Crippen LogP contribution in [0.25, 0.3) is 0 Å². The average Bonchev–Trinajstić information content (AvgIpc) is 3.00. The maximum Gasteiger partial charge on any atom is 0.222 e. The van der Waals surface area contributed by atoms with Crippen LogP contribution in [-0.4, -0.2) is 58.6 Å². The Balaban J connectivity index is 1.62. The number of hydrogen-bond acceptors (Lipinski definition) is 5. The molecule has 0 aliphatic carbocycles. The third kappa shape index (κ3) is 3.73. The van der Waals surface area contributed by atoms with E-state index in [2.05, 4.69) is 10.1 Å². The van der Waals surface area contributed by atoms with Crippen LogP contribution in [0.2, 0.25) is 0 Å². The number of carbonyl (C=O) groups is 1. The van der Waals surface area contributed by atoms with E-state index in [4.69, 9.17) is 0 Å². The van der Waals surface area contributed by atoms with Gasteiger partial charge in [0.15, 0.2) is 9.84 Å². The molecule has 1 aromatic rings. The molecule has 2 fully saturated rings. The number of piperidine rings is 1. The van der Waals surface area contributed by atoms with E-state index in [1.165, 1.54) is 0 Å². The number of aromatic nitrogens is 3. The van der Waals surface area contributed by atoms with Gasteiger partial charge in [-0.3, -0.25) is 4.79 Å². The van der Waals surface area contributed by atoms with E-state index in [0.717, 1.165) is 31.0 Å². The molecular weight excluding hydrogens is 316 g/mol. The summed E-state index contributed by atoms with van der Waals surface area (Å²) in [6.07, 6.45) is 2.90. The van der Waals surface area contributed by atoms with Crippen LogP contribution in [0.4, 0.5) is 0 Å². The zero-order chi connectivity index (χ0) is 16.6. The Hall–Kier alpha value is -1.44. The van der Waals surface area contributed by atoms with Gasteiger partial charge in [0.05, 0.1) is 17.5 Å². The average molecular weight is 340 g/mol. The minimum Gasteiger partial charge on any atom is -0.341 e. The molecule has 8 heteroatoms. The zero-order valence-electron chi connectivity index (χ0n) is 13.7. The molecule has 0 unspecified atom stereocenters. The highest BCUT2D eigenvalue weighted by atomic mass is 32.2. The van der Waals surface area contributed by atoms with Gasteiger partial charge < -0.3 is 4.90 Å². The predicted molar refractivity (Wildman–Crippen MR) is 85.7 cm³/mol. The Kier molecular flexibility index (Phi) is 4.44. The normalized spacial score (nSPS) is 27.3. The fourth-order valence-electron chi connectivity index (χ4n) is 3.67. The van der Waals surface area contributed by atoms with Gasteiger partial charge in [-0.2, -0.15) is 5.10 Å². The first-order chi connectivity index (χ1) is 10.8. The first-order valence-electron chi connectivity index (χ1n) is 8.22. The number of likely N-dealkylation sites (tertiary alicyclic amines) is 1. The van der Waals surface area contributed by atoms with Gasteiger partial charge >= 0.3 is 0 Å². The Morgan fingerprint density at radius 2 is 2.09 bits per heavy atom. The third-order valence-corrected chi connectivity index (χ3v) is 6.63. The van der Waals surface area contributed by atoms with Crippen LogP contribution < -0.4 is 0 Å². The van der Waals surface area contributed by atoms with Crippen molar-refractivity contribution in [3.63, 3.8) is 0 Å². The van der Waals surface area contributed by atoms with Crippen molar-refractivity contribution in [2.45, 2.75) is 45.6 Å². The summed E-state index contributed by atoms with van der Waals surface area (Å²) in [5, 5.41) is 4.44. The molecule has 2 aliphatic heterocycles. The molecule has 0 spiro atoms. The van der Waals surface area contributed by atoms with Gasteiger partial charge in [0.25, 0.3) is 0 Å². The molecule has 2 aliphatic rings. The Labute approximate surface area is 137 Å². The first kappa shape index (κ1) is 16.4. The van der Waals surface area contributed by atoms with E-state index in [9.17, 15) is 13.2 Å². The van der Waals surface area contributed by atoms with Crippen molar-refractivity contribution in [2.75, 3.05) is 24.6 Å². The smallest absolute Gasteiger partial charge is 0.222 e. The molecule has 23 heavy (non-hydrogen) atoms. The second kappa shape index (κ2) is 6.22. The lowest BCUT2D eigenvalue weighted by molar-refractivity contribution is -0.133. The molecule has 128 valence electrons. The van der Waals surface area contributed by atoms with Crippen molar-refractivity contribution in [3.8, 4) is 0 Å². The van der Waals surface area contributed by atoms with Crippen LogP contribution in [0.15, 0.2) is 0 Å². The second-order valence-corrected chi connectivity index (χ2v) is 8.99. The van der Waals surface area contributed by atoms with Crippen molar-refractivity contribution in [1.29, 1.82) is 0 Å². The predicted octanol–water partition coefficient (Wildman–Crippen LogP) is 0.883. The highest BCUT2D eigenvalue weighted by molar-refractivity contribution is 7.91. The SMILES string of the molecule is Cc1nc(C)n([C@H]2CCCN(C(=O)C[C@H]3CCS(=O)(=O)C3)C2)n1. The van der Waals surface area contributed by atoms with Gasteiger partial charge in [0, 0.05) is 19.5 Å². The molecule has 2 saturated heterocycles. The summed E-state index contributed by atoms with van der Waals surface area (Å²) >= 11 is 0. The summed E-state index contributed by atoms with van der Waals surface area (Å²) < 4.78 is 25.0. The summed E-state index contributed by atoms with van der Waals surface area (Å²) in [5.41, 5.74) is 0. The number of sulfone groups is 1. The Bertz CT molecular complexity index is 698. The molecule has 1 amide bonds. The van der Waals surface area contributed by atoms with Crippen molar-refractivity contribution in [2.24, 2.45) is 5.92 Å². The van der Waals surface area contributed by atoms with Crippen LogP contribution in [0.1, 0.15) is 43.4 Å². The largest absolute Gasteiger partial charge is 0.341 e. The second-order valence-electron chi connectivity index (χ2n) is 6.76. The summed E-state index contributed by atoms with van der Waals surface area (Å²) in [6, 6.07) is 0.168. The van der Waals surface area contributed by atoms with Crippen LogP contribution in [0.3, 0.4) is 0 Å². The van der Waals surface area contributed by atoms with Gasteiger partial charge in [-0.25, -0.2) is 18.1 Å². The first-order valence-corrected chi connectivity index (χ1v) is 10.0. The number of carbonyl (C=O) groups excluding carboxylic acids is 1. The fourth-order valence-corrected chi connectivity index (χ4v) is 5.53. The van der Waals surface area contributed by atoms with E-state index >= 15 is 0 Å². The zero-order valence-corrected chi connectivity index (χ0v) is 14.5. The van der Waals surface area contributed by atoms with Gasteiger partial charge in [0.1, 0.15) is 11.6 Å². The lowest BCUT2D eigenvalue weighted by Crippen LogP contribution is -2.41. The van der Waals surface area contributed by atoms with Gasteiger partial charge in [-0.15, -0.1) is 0 Å². The summed E-state index contributed by atoms with van der Waals surface area (Å²) in [5.74, 6) is 2.09. The van der Waals surface area contributed by atoms with Crippen LogP contribution in [0, 0.1) is 19.8 Å². The molecule has 7 nitrogen and oxygen atoms in total. The number of rotatable bonds is 3. The quantitative estimate of drug-likeness (QED) is 0.815. The van der Waals surface area contributed by atoms with Gasteiger partial charge in [-0.05, 0) is 39.0 Å². The molecule has 3 rings (SSSR count). The number of amides is 1. The minimum atomic E-state index is -2.92. The standard InChI is InChI=1S/C15H24N4O3S/c1-11-16-12(2)19(17-11)14-4-3-6-18(9-14)15(20)8-13-5-7-23(21,22)10-13/h13-14H,3-10H2,1-2H3/t13-,14+/m1/s1. The van der Waals surface area contributed by atoms with E-state index in [0.29, 0.717) is 19.4 Å². The van der Waals surface area contributed by atoms with Crippen LogP contribution in [0.5, 0.6) is 0 Å². The van der Waals surface area contributed by atoms with Crippen LogP contribution in [-0.2, 0) is 14.6 Å². The van der Waals surface area contributed by atoms with Crippen LogP contribution >= 0.6 is 0 Å². The van der Waals surface area contributed by atoms with Gasteiger partial charge in [-0.1, -0.05) is 0 Å². The molecule has 3 heterocycles. The van der Waals surface area contributed by atoms with Crippen molar-refractivity contribution < 1.29 is 13.2 Å². The maximum atomic E-state index is 12.5. The van der Waals surface area contributed by atoms with E-state index in [-0.39, 0.29) is 29.4 Å². The minimum absolute atomic E-state index is 0.0109. The highest BCUT2D eigenvalue weighted by Gasteiger charge is 2.32. The molecule has 0 N–H and O–H groups in total. The summed E-state index contributed by atoms with van der Waals surface area (Å²) in [6.45, 7) is 5.20. The Morgan fingerprint density at radius 1 is 1.30 bits per heavy atom. The topological polar surface area (TPSA) is 85.2 Å². The van der Waals surface area contributed by atoms with E-state index in [1.807, 2.05) is 23.4 Å². The Morgan fingerprint density at radius 3 is 2.70 bits per heavy atom. The number of nitrogens with zero attached hydrogens (tertiary/aromatic N) is 4. The lowest BCUT2D eigenvalue weighted by atomic mass is 10.0. The molecule has 2 atom stereocenters. The maximum absolute atomic E-state index is 12.5. The van der Waals surface area contributed by atoms with Crippen molar-refractivity contribution >= 4 is 15.7 Å². The monoisotopic (exact) mass is 340 g/mol. The van der Waals surface area contributed by atoms with E-state index < -0.39 is 9.84 Å². The molecular formula is C15H24N4O3S. The molecule has 0 bridgehead atoms. The molecule has 1 aromatic heterocycles. The lowest BCUT2D eigenvalue weighted by Gasteiger charge is -2.33. The molecule has 0 aromatic carbocycles.